The Kier molecular flexibility index (Phi) is 2.30. The van der Waals surface area contributed by atoms with Gasteiger partial charge in [-0.05, 0) is 19.4 Å². The summed E-state index contributed by atoms with van der Waals surface area (Å²) in [6.07, 6.45) is 0. The maximum atomic E-state index is 4.56. The molecule has 80 valence electrons. The Morgan fingerprint density at radius 2 is 1.75 bits per heavy atom. The molecule has 0 amide bonds. The lowest BCUT2D eigenvalue weighted by atomic mass is 10.1. The molecule has 0 N–H and O–H groups in total. The molecule has 0 atom stereocenters. The van der Waals surface area contributed by atoms with Crippen LogP contribution in [0.15, 0.2) is 30.3 Å². The summed E-state index contributed by atoms with van der Waals surface area (Å²) in [5, 5.41) is 1.15. The van der Waals surface area contributed by atoms with E-state index in [0.717, 1.165) is 5.01 Å². The van der Waals surface area contributed by atoms with Crippen molar-refractivity contribution in [1.29, 1.82) is 0 Å². The summed E-state index contributed by atoms with van der Waals surface area (Å²) in [7, 11) is 0. The quantitative estimate of drug-likeness (QED) is 0.608. The van der Waals surface area contributed by atoms with Crippen LogP contribution in [-0.2, 0) is 0 Å². The molecule has 2 aromatic heterocycles. The van der Waals surface area contributed by atoms with Gasteiger partial charge in [0, 0.05) is 10.4 Å². The summed E-state index contributed by atoms with van der Waals surface area (Å²) in [6, 6.07) is 10.6. The predicted octanol–water partition coefficient (Wildman–Crippen LogP) is 4.64. The number of thiazole rings is 1. The third-order valence-electron chi connectivity index (χ3n) is 2.59. The predicted molar refractivity (Wildman–Crippen MR) is 72.4 cm³/mol. The minimum atomic E-state index is 1.15. The van der Waals surface area contributed by atoms with Crippen molar-refractivity contribution < 1.29 is 0 Å². The zero-order valence-electron chi connectivity index (χ0n) is 9.15. The van der Waals surface area contributed by atoms with Crippen LogP contribution in [0.2, 0.25) is 0 Å². The summed E-state index contributed by atoms with van der Waals surface area (Å²) in [5.41, 5.74) is 2.67. The van der Waals surface area contributed by atoms with E-state index in [1.54, 1.807) is 22.7 Å². The van der Waals surface area contributed by atoms with Crippen LogP contribution in [0.3, 0.4) is 0 Å². The van der Waals surface area contributed by atoms with Crippen LogP contribution in [0.4, 0.5) is 0 Å². The molecule has 0 radical (unpaired) electrons. The molecule has 3 aromatic rings. The number of aryl methyl sites for hydroxylation is 2. The van der Waals surface area contributed by atoms with E-state index >= 15 is 0 Å². The molecule has 0 aliphatic heterocycles. The van der Waals surface area contributed by atoms with Crippen LogP contribution in [0.1, 0.15) is 9.88 Å². The molecule has 2 heterocycles. The molecule has 1 nitrogen and oxygen atoms in total. The molecular weight excluding hydrogens is 234 g/mol. The standard InChI is InChI=1S/C13H11NS2/c1-8-11(10-6-4-3-5-7-10)12-13(15-8)14-9(2)16-12/h3-7H,1-2H3. The zero-order chi connectivity index (χ0) is 11.1. The van der Waals surface area contributed by atoms with Crippen molar-refractivity contribution in [2.45, 2.75) is 13.8 Å². The van der Waals surface area contributed by atoms with Crippen LogP contribution >= 0.6 is 22.7 Å². The van der Waals surface area contributed by atoms with Crippen LogP contribution < -0.4 is 0 Å². The van der Waals surface area contributed by atoms with Crippen molar-refractivity contribution >= 4 is 32.2 Å². The van der Waals surface area contributed by atoms with E-state index in [9.17, 15) is 0 Å². The van der Waals surface area contributed by atoms with Gasteiger partial charge in [0.25, 0.3) is 0 Å². The van der Waals surface area contributed by atoms with E-state index < -0.39 is 0 Å². The highest BCUT2D eigenvalue weighted by Crippen LogP contribution is 2.40. The van der Waals surface area contributed by atoms with Gasteiger partial charge >= 0.3 is 0 Å². The average molecular weight is 245 g/mol. The molecule has 0 bridgehead atoms. The summed E-state index contributed by atoms with van der Waals surface area (Å²) in [5.74, 6) is 0. The lowest BCUT2D eigenvalue weighted by molar-refractivity contribution is 1.36. The van der Waals surface area contributed by atoms with Crippen molar-refractivity contribution in [3.05, 3.63) is 40.2 Å². The lowest BCUT2D eigenvalue weighted by Gasteiger charge is -1.99. The first kappa shape index (κ1) is 10.00. The molecule has 0 saturated carbocycles. The molecular formula is C13H11NS2. The largest absolute Gasteiger partial charge is 0.231 e. The summed E-state index contributed by atoms with van der Waals surface area (Å²) >= 11 is 3.59. The minimum absolute atomic E-state index is 1.15. The number of hydrogen-bond donors (Lipinski definition) is 0. The van der Waals surface area contributed by atoms with Crippen LogP contribution in [-0.4, -0.2) is 4.98 Å². The summed E-state index contributed by atoms with van der Waals surface area (Å²) in [4.78, 5) is 7.10. The van der Waals surface area contributed by atoms with E-state index in [0.29, 0.717) is 0 Å². The van der Waals surface area contributed by atoms with Crippen LogP contribution in [0, 0.1) is 13.8 Å². The van der Waals surface area contributed by atoms with Gasteiger partial charge in [-0.15, -0.1) is 22.7 Å². The topological polar surface area (TPSA) is 12.9 Å². The second kappa shape index (κ2) is 3.68. The highest BCUT2D eigenvalue weighted by molar-refractivity contribution is 7.28. The van der Waals surface area contributed by atoms with Gasteiger partial charge in [0.2, 0.25) is 0 Å². The fourth-order valence-electron chi connectivity index (χ4n) is 1.93. The number of nitrogens with zero attached hydrogens (tertiary/aromatic N) is 1. The van der Waals surface area contributed by atoms with Gasteiger partial charge in [-0.25, -0.2) is 4.98 Å². The maximum Gasteiger partial charge on any atom is 0.135 e. The molecule has 0 aliphatic rings. The van der Waals surface area contributed by atoms with E-state index in [4.69, 9.17) is 0 Å². The van der Waals surface area contributed by atoms with E-state index in [1.807, 2.05) is 0 Å². The number of thiophene rings is 1. The molecule has 0 aliphatic carbocycles. The fourth-order valence-corrected chi connectivity index (χ4v) is 4.23. The van der Waals surface area contributed by atoms with Crippen LogP contribution in [0.25, 0.3) is 20.7 Å². The Bertz CT molecular complexity index is 635. The van der Waals surface area contributed by atoms with Gasteiger partial charge < -0.3 is 0 Å². The Balaban J connectivity index is 2.33. The van der Waals surface area contributed by atoms with Crippen molar-refractivity contribution in [3.8, 4) is 11.1 Å². The molecule has 16 heavy (non-hydrogen) atoms. The molecule has 3 rings (SSSR count). The van der Waals surface area contributed by atoms with Crippen molar-refractivity contribution in [3.63, 3.8) is 0 Å². The third-order valence-corrected chi connectivity index (χ3v) is 4.71. The van der Waals surface area contributed by atoms with Gasteiger partial charge in [0.1, 0.15) is 4.83 Å². The second-order valence-electron chi connectivity index (χ2n) is 3.77. The number of hydrogen-bond acceptors (Lipinski definition) is 3. The Morgan fingerprint density at radius 3 is 2.50 bits per heavy atom. The zero-order valence-corrected chi connectivity index (χ0v) is 10.8. The first-order valence-electron chi connectivity index (χ1n) is 5.17. The Morgan fingerprint density at radius 1 is 1.00 bits per heavy atom. The monoisotopic (exact) mass is 245 g/mol. The minimum Gasteiger partial charge on any atom is -0.231 e. The van der Waals surface area contributed by atoms with Crippen molar-refractivity contribution in [2.75, 3.05) is 0 Å². The lowest BCUT2D eigenvalue weighted by Crippen LogP contribution is -1.75. The number of fused-ring (bicyclic) bond motifs is 1. The molecule has 0 saturated heterocycles. The van der Waals surface area contributed by atoms with Crippen molar-refractivity contribution in [1.82, 2.24) is 4.98 Å². The summed E-state index contributed by atoms with van der Waals surface area (Å²) in [6.45, 7) is 4.25. The maximum absolute atomic E-state index is 4.56. The van der Waals surface area contributed by atoms with Crippen molar-refractivity contribution in [2.24, 2.45) is 0 Å². The normalized spacial score (nSPS) is 11.1. The van der Waals surface area contributed by atoms with Gasteiger partial charge in [0.15, 0.2) is 0 Å². The van der Waals surface area contributed by atoms with Crippen LogP contribution in [0.5, 0.6) is 0 Å². The van der Waals surface area contributed by atoms with E-state index in [-0.39, 0.29) is 0 Å². The SMILES string of the molecule is Cc1nc2sc(C)c(-c3ccccc3)c2s1. The fraction of sp³-hybridized carbons (Fsp3) is 0.154. The van der Waals surface area contributed by atoms with Gasteiger partial charge in [-0.1, -0.05) is 30.3 Å². The average Bonchev–Trinajstić information content (AvgIpc) is 2.74. The first-order chi connectivity index (χ1) is 7.75. The molecule has 1 aromatic carbocycles. The molecule has 3 heteroatoms. The first-order valence-corrected chi connectivity index (χ1v) is 6.81. The second-order valence-corrected chi connectivity index (χ2v) is 6.17. The Labute approximate surface area is 102 Å². The smallest absolute Gasteiger partial charge is 0.135 e. The van der Waals surface area contributed by atoms with E-state index in [1.165, 1.54) is 25.5 Å². The van der Waals surface area contributed by atoms with Gasteiger partial charge in [-0.3, -0.25) is 0 Å². The van der Waals surface area contributed by atoms with Gasteiger partial charge in [0.05, 0.1) is 9.71 Å². The highest BCUT2D eigenvalue weighted by Gasteiger charge is 2.14. The Hall–Kier alpha value is -1.19. The molecule has 0 fully saturated rings. The number of benzene rings is 1. The third kappa shape index (κ3) is 1.47. The molecule has 0 spiro atoms. The van der Waals surface area contributed by atoms with E-state index in [2.05, 4.69) is 49.2 Å². The summed E-state index contributed by atoms with van der Waals surface area (Å²) < 4.78 is 1.34. The highest BCUT2D eigenvalue weighted by atomic mass is 32.1. The van der Waals surface area contributed by atoms with Gasteiger partial charge in [-0.2, -0.15) is 0 Å². The number of rotatable bonds is 1. The number of aromatic nitrogens is 1. The molecule has 0 unspecified atom stereocenters.